The van der Waals surface area contributed by atoms with Crippen molar-refractivity contribution in [3.05, 3.63) is 29.7 Å². The average molecular weight is 150 g/mol. The van der Waals surface area contributed by atoms with Gasteiger partial charge in [0.2, 0.25) is 0 Å². The number of hydrogen-bond donors (Lipinski definition) is 0. The Balaban J connectivity index is 3.02. The second kappa shape index (κ2) is 3.19. The van der Waals surface area contributed by atoms with Crippen molar-refractivity contribution < 1.29 is 9.21 Å². The highest BCUT2D eigenvalue weighted by atomic mass is 16.3. The molecule has 2 nitrogen and oxygen atoms in total. The molecule has 0 fully saturated rings. The predicted molar refractivity (Wildman–Crippen MR) is 43.0 cm³/mol. The van der Waals surface area contributed by atoms with Gasteiger partial charge in [0.05, 0.1) is 6.26 Å². The first-order chi connectivity index (χ1) is 5.25. The molecule has 11 heavy (non-hydrogen) atoms. The van der Waals surface area contributed by atoms with E-state index in [1.165, 1.54) is 0 Å². The van der Waals surface area contributed by atoms with E-state index in [2.05, 4.69) is 0 Å². The van der Waals surface area contributed by atoms with Crippen LogP contribution in [-0.2, 0) is 4.79 Å². The molecule has 0 unspecified atom stereocenters. The third kappa shape index (κ3) is 1.58. The van der Waals surface area contributed by atoms with Crippen molar-refractivity contribution in [1.82, 2.24) is 0 Å². The summed E-state index contributed by atoms with van der Waals surface area (Å²) in [5, 5.41) is 0. The smallest absolute Gasteiger partial charge is 0.146 e. The number of allylic oxidation sites excluding steroid dienone is 2. The summed E-state index contributed by atoms with van der Waals surface area (Å²) in [5.74, 6) is 0.759. The van der Waals surface area contributed by atoms with Crippen LogP contribution in [0.25, 0.3) is 5.57 Å². The van der Waals surface area contributed by atoms with Gasteiger partial charge in [0.15, 0.2) is 0 Å². The quantitative estimate of drug-likeness (QED) is 0.478. The molecule has 0 bridgehead atoms. The van der Waals surface area contributed by atoms with Gasteiger partial charge in [-0.2, -0.15) is 0 Å². The van der Waals surface area contributed by atoms with Crippen LogP contribution in [0.1, 0.15) is 19.6 Å². The fourth-order valence-electron chi connectivity index (χ4n) is 0.775. The van der Waals surface area contributed by atoms with E-state index in [0.717, 1.165) is 17.6 Å². The molecule has 1 heterocycles. The van der Waals surface area contributed by atoms with Gasteiger partial charge in [0, 0.05) is 0 Å². The van der Waals surface area contributed by atoms with Gasteiger partial charge in [-0.25, -0.2) is 0 Å². The Morgan fingerprint density at radius 3 is 2.73 bits per heavy atom. The topological polar surface area (TPSA) is 30.2 Å². The van der Waals surface area contributed by atoms with Crippen LogP contribution >= 0.6 is 0 Å². The SMILES string of the molecule is C/C(C=O)=C(/C)c1ccco1. The normalized spacial score (nSPS) is 12.5. The maximum absolute atomic E-state index is 10.3. The fraction of sp³-hybridized carbons (Fsp3) is 0.222. The van der Waals surface area contributed by atoms with E-state index in [1.807, 2.05) is 13.0 Å². The summed E-state index contributed by atoms with van der Waals surface area (Å²) in [7, 11) is 0. The number of carbonyl (C=O) groups excluding carboxylic acids is 1. The van der Waals surface area contributed by atoms with Crippen molar-refractivity contribution >= 4 is 11.9 Å². The van der Waals surface area contributed by atoms with Gasteiger partial charge < -0.3 is 4.42 Å². The fourth-order valence-corrected chi connectivity index (χ4v) is 0.775. The minimum Gasteiger partial charge on any atom is -0.465 e. The van der Waals surface area contributed by atoms with Crippen molar-refractivity contribution in [3.8, 4) is 0 Å². The largest absolute Gasteiger partial charge is 0.465 e. The molecule has 0 spiro atoms. The van der Waals surface area contributed by atoms with Crippen molar-refractivity contribution in [1.29, 1.82) is 0 Å². The molecule has 1 aromatic heterocycles. The van der Waals surface area contributed by atoms with Crippen molar-refractivity contribution in [2.75, 3.05) is 0 Å². The molecule has 0 aliphatic carbocycles. The Labute approximate surface area is 65.5 Å². The van der Waals surface area contributed by atoms with Gasteiger partial charge in [-0.1, -0.05) is 0 Å². The molecule has 0 saturated heterocycles. The molecular weight excluding hydrogens is 140 g/mol. The molecule has 0 aliphatic heterocycles. The average Bonchev–Trinajstić information content (AvgIpc) is 2.53. The molecule has 0 atom stereocenters. The minimum absolute atomic E-state index is 0.708. The molecule has 0 radical (unpaired) electrons. The Morgan fingerprint density at radius 2 is 2.27 bits per heavy atom. The lowest BCUT2D eigenvalue weighted by molar-refractivity contribution is -0.104. The second-order valence-electron chi connectivity index (χ2n) is 2.40. The maximum Gasteiger partial charge on any atom is 0.146 e. The predicted octanol–water partition coefficient (Wildman–Crippen LogP) is 2.27. The number of furan rings is 1. The summed E-state index contributed by atoms with van der Waals surface area (Å²) < 4.78 is 5.10. The molecule has 0 N–H and O–H groups in total. The Bertz CT molecular complexity index is 268. The first-order valence-corrected chi connectivity index (χ1v) is 3.42. The van der Waals surface area contributed by atoms with Crippen molar-refractivity contribution in [2.24, 2.45) is 0 Å². The summed E-state index contributed by atoms with van der Waals surface area (Å²) in [6.07, 6.45) is 2.43. The van der Waals surface area contributed by atoms with Crippen LogP contribution < -0.4 is 0 Å². The highest BCUT2D eigenvalue weighted by molar-refractivity contribution is 5.85. The number of aldehydes is 1. The lowest BCUT2D eigenvalue weighted by Crippen LogP contribution is -1.82. The molecule has 58 valence electrons. The van der Waals surface area contributed by atoms with Crippen LogP contribution in [0.2, 0.25) is 0 Å². The summed E-state index contributed by atoms with van der Waals surface area (Å²) in [6.45, 7) is 3.63. The van der Waals surface area contributed by atoms with Gasteiger partial charge >= 0.3 is 0 Å². The van der Waals surface area contributed by atoms with Gasteiger partial charge in [0.25, 0.3) is 0 Å². The molecular formula is C9H10O2. The zero-order chi connectivity index (χ0) is 8.27. The van der Waals surface area contributed by atoms with Crippen LogP contribution in [0.3, 0.4) is 0 Å². The third-order valence-electron chi connectivity index (χ3n) is 1.66. The van der Waals surface area contributed by atoms with E-state index < -0.39 is 0 Å². The Hall–Kier alpha value is -1.31. The van der Waals surface area contributed by atoms with Gasteiger partial charge in [0.1, 0.15) is 12.0 Å². The van der Waals surface area contributed by atoms with Crippen LogP contribution in [0.5, 0.6) is 0 Å². The van der Waals surface area contributed by atoms with Crippen LogP contribution in [0.4, 0.5) is 0 Å². The lowest BCUT2D eigenvalue weighted by Gasteiger charge is -1.96. The first kappa shape index (κ1) is 7.79. The van der Waals surface area contributed by atoms with Crippen LogP contribution in [-0.4, -0.2) is 6.29 Å². The maximum atomic E-state index is 10.3. The van der Waals surface area contributed by atoms with Crippen LogP contribution in [0.15, 0.2) is 28.4 Å². The zero-order valence-electron chi connectivity index (χ0n) is 6.63. The molecule has 1 rings (SSSR count). The van der Waals surface area contributed by atoms with E-state index in [9.17, 15) is 4.79 Å². The summed E-state index contributed by atoms with van der Waals surface area (Å²) in [5.41, 5.74) is 1.60. The van der Waals surface area contributed by atoms with Crippen molar-refractivity contribution in [3.63, 3.8) is 0 Å². The summed E-state index contributed by atoms with van der Waals surface area (Å²) >= 11 is 0. The third-order valence-corrected chi connectivity index (χ3v) is 1.66. The van der Waals surface area contributed by atoms with E-state index in [-0.39, 0.29) is 0 Å². The standard InChI is InChI=1S/C9H10O2/c1-7(6-10)8(2)9-4-3-5-11-9/h3-6H,1-2H3/b8-7+. The first-order valence-electron chi connectivity index (χ1n) is 3.42. The Kier molecular flexibility index (Phi) is 2.26. The van der Waals surface area contributed by atoms with Gasteiger partial charge in [-0.15, -0.1) is 0 Å². The molecule has 0 amide bonds. The van der Waals surface area contributed by atoms with Gasteiger partial charge in [-0.3, -0.25) is 4.79 Å². The van der Waals surface area contributed by atoms with E-state index in [0.29, 0.717) is 5.57 Å². The molecule has 0 aliphatic rings. The lowest BCUT2D eigenvalue weighted by atomic mass is 10.1. The van der Waals surface area contributed by atoms with Gasteiger partial charge in [-0.05, 0) is 37.1 Å². The summed E-state index contributed by atoms with van der Waals surface area (Å²) in [4.78, 5) is 10.3. The van der Waals surface area contributed by atoms with Crippen LogP contribution in [0, 0.1) is 0 Å². The second-order valence-corrected chi connectivity index (χ2v) is 2.40. The number of rotatable bonds is 2. The van der Waals surface area contributed by atoms with E-state index >= 15 is 0 Å². The highest BCUT2D eigenvalue weighted by Crippen LogP contribution is 2.16. The van der Waals surface area contributed by atoms with E-state index in [4.69, 9.17) is 4.42 Å². The Morgan fingerprint density at radius 1 is 1.55 bits per heavy atom. The highest BCUT2D eigenvalue weighted by Gasteiger charge is 2.00. The van der Waals surface area contributed by atoms with Crippen molar-refractivity contribution in [2.45, 2.75) is 13.8 Å². The monoisotopic (exact) mass is 150 g/mol. The summed E-state index contributed by atoms with van der Waals surface area (Å²) in [6, 6.07) is 3.64. The number of carbonyl (C=O) groups is 1. The molecule has 1 aromatic rings. The number of hydrogen-bond acceptors (Lipinski definition) is 2. The molecule has 0 saturated carbocycles. The van der Waals surface area contributed by atoms with E-state index in [1.54, 1.807) is 19.3 Å². The molecule has 2 heteroatoms. The zero-order valence-corrected chi connectivity index (χ0v) is 6.63. The minimum atomic E-state index is 0.708. The molecule has 0 aromatic carbocycles.